The predicted octanol–water partition coefficient (Wildman–Crippen LogP) is 12.3. The third-order valence-corrected chi connectivity index (χ3v) is 5.93. The van der Waals surface area contributed by atoms with Crippen molar-refractivity contribution in [2.45, 2.75) is 94.9 Å². The Morgan fingerprint density at radius 3 is 0.956 bits per heavy atom. The van der Waals surface area contributed by atoms with Crippen LogP contribution in [0.5, 0.6) is 0 Å². The highest BCUT2D eigenvalue weighted by Gasteiger charge is 1.89. The molecule has 5 heteroatoms. The molecule has 0 bridgehead atoms. The first-order chi connectivity index (χ1) is 21.0. The van der Waals surface area contributed by atoms with Crippen LogP contribution in [0.2, 0.25) is 0 Å². The second-order valence-electron chi connectivity index (χ2n) is 11.6. The fourth-order valence-electron chi connectivity index (χ4n) is 3.41. The van der Waals surface area contributed by atoms with Crippen molar-refractivity contribution in [3.8, 4) is 0 Å². The lowest BCUT2D eigenvalue weighted by Gasteiger charge is -1.96. The molecule has 0 rings (SSSR count). The van der Waals surface area contributed by atoms with Gasteiger partial charge in [-0.1, -0.05) is 154 Å². The molecule has 0 aromatic carbocycles. The summed E-state index contributed by atoms with van der Waals surface area (Å²) in [5.41, 5.74) is 10.5. The van der Waals surface area contributed by atoms with E-state index in [1.165, 1.54) is 44.6 Å². The van der Waals surface area contributed by atoms with Gasteiger partial charge in [-0.2, -0.15) is 8.42 Å². The Hall–Kier alpha value is -3.51. The molecule has 0 atom stereocenters. The summed E-state index contributed by atoms with van der Waals surface area (Å²) < 4.78 is 31.6. The lowest BCUT2D eigenvalue weighted by Crippen LogP contribution is -1.89. The van der Waals surface area contributed by atoms with Crippen molar-refractivity contribution < 1.29 is 17.5 Å². The van der Waals surface area contributed by atoms with Crippen LogP contribution in [-0.4, -0.2) is 17.5 Å². The second kappa shape index (κ2) is 26.9. The van der Waals surface area contributed by atoms with Crippen LogP contribution >= 0.6 is 0 Å². The van der Waals surface area contributed by atoms with Crippen LogP contribution in [0.15, 0.2) is 154 Å². The Morgan fingerprint density at radius 1 is 0.444 bits per heavy atom. The van der Waals surface area contributed by atoms with Crippen LogP contribution in [0.1, 0.15) is 94.9 Å². The summed E-state index contributed by atoms with van der Waals surface area (Å²) in [6, 6.07) is 0. The van der Waals surface area contributed by atoms with Gasteiger partial charge in [0.25, 0.3) is 0 Å². The third kappa shape index (κ3) is 38.5. The quantitative estimate of drug-likeness (QED) is 0.101. The number of hydrogen-bond acceptors (Lipinski definition) is 2. The molecule has 0 saturated heterocycles. The molecule has 0 aromatic rings. The molecule has 0 fully saturated rings. The molecule has 0 spiro atoms. The summed E-state index contributed by atoms with van der Waals surface area (Å²) in [7, 11) is -4.67. The fraction of sp³-hybridized carbons (Fsp3) is 0.350. The molecule has 45 heavy (non-hydrogen) atoms. The molecule has 0 amide bonds. The van der Waals surface area contributed by atoms with Crippen molar-refractivity contribution in [3.05, 3.63) is 154 Å². The van der Waals surface area contributed by atoms with E-state index in [0.29, 0.717) is 0 Å². The monoisotopic (exact) mass is 634 g/mol. The summed E-state index contributed by atoms with van der Waals surface area (Å²) in [5.74, 6) is 0. The van der Waals surface area contributed by atoms with Gasteiger partial charge in [-0.05, 0) is 94.9 Å². The average molecular weight is 635 g/mol. The predicted molar refractivity (Wildman–Crippen MR) is 200 cm³/mol. The zero-order valence-electron chi connectivity index (χ0n) is 29.3. The van der Waals surface area contributed by atoms with E-state index in [-0.39, 0.29) is 0 Å². The molecule has 0 aliphatic heterocycles. The Morgan fingerprint density at radius 2 is 0.689 bits per heavy atom. The van der Waals surface area contributed by atoms with Crippen molar-refractivity contribution in [2.75, 3.05) is 0 Å². The summed E-state index contributed by atoms with van der Waals surface area (Å²) in [5, 5.41) is 0. The molecule has 0 radical (unpaired) electrons. The van der Waals surface area contributed by atoms with E-state index in [9.17, 15) is 0 Å². The van der Waals surface area contributed by atoms with Crippen LogP contribution < -0.4 is 0 Å². The van der Waals surface area contributed by atoms with E-state index < -0.39 is 10.4 Å². The maximum Gasteiger partial charge on any atom is 0.394 e. The number of rotatable bonds is 16. The fourth-order valence-corrected chi connectivity index (χ4v) is 3.41. The van der Waals surface area contributed by atoms with E-state index in [0.717, 1.165) is 25.7 Å². The zero-order chi connectivity index (χ0) is 34.7. The van der Waals surface area contributed by atoms with Gasteiger partial charge in [-0.3, -0.25) is 9.11 Å². The van der Waals surface area contributed by atoms with E-state index in [2.05, 4.69) is 179 Å². The van der Waals surface area contributed by atoms with Gasteiger partial charge >= 0.3 is 10.4 Å². The summed E-state index contributed by atoms with van der Waals surface area (Å²) in [4.78, 5) is 0. The first-order valence-electron chi connectivity index (χ1n) is 15.4. The highest BCUT2D eigenvalue weighted by atomic mass is 32.3. The van der Waals surface area contributed by atoms with Gasteiger partial charge in [0, 0.05) is 0 Å². The normalized spacial score (nSPS) is 14.7. The van der Waals surface area contributed by atoms with E-state index >= 15 is 0 Å². The number of allylic oxidation sites excluding steroid dienone is 26. The van der Waals surface area contributed by atoms with E-state index in [1.807, 2.05) is 0 Å². The molecule has 0 heterocycles. The van der Waals surface area contributed by atoms with Crippen LogP contribution in [0.4, 0.5) is 0 Å². The smallest absolute Gasteiger partial charge is 0.264 e. The molecular formula is C40H58O4S. The molecule has 4 nitrogen and oxygen atoms in total. The minimum Gasteiger partial charge on any atom is -0.264 e. The van der Waals surface area contributed by atoms with Gasteiger partial charge in [-0.25, -0.2) is 0 Å². The third-order valence-electron chi connectivity index (χ3n) is 5.93. The minimum atomic E-state index is -4.67. The van der Waals surface area contributed by atoms with Crippen LogP contribution in [0.25, 0.3) is 0 Å². The standard InChI is InChI=1S/C40H56.H2O4S/c1-33(2)19-13-23-37(7)27-17-31-39(9)29-15-25-35(5)21-11-12-22-36(6)26-16-30-40(10)32-18-28-38(8)24-14-20-34(3)4;1-5(2,3)4/h11-12,15-22,25-32H,13-14,23-24H2,1-10H3;(H2,1,2,3,4)/b12-11+,25-15+,26-16+,31-17+,32-18+,35-21+,36-22+,37-27+,38-28+,39-29+,40-30+;. The van der Waals surface area contributed by atoms with Crippen LogP contribution in [-0.2, 0) is 10.4 Å². The molecule has 0 unspecified atom stereocenters. The lowest BCUT2D eigenvalue weighted by atomic mass is 10.1. The van der Waals surface area contributed by atoms with E-state index in [4.69, 9.17) is 17.5 Å². The topological polar surface area (TPSA) is 74.6 Å². The summed E-state index contributed by atoms with van der Waals surface area (Å²) in [6.45, 7) is 21.5. The zero-order valence-corrected chi connectivity index (χ0v) is 30.2. The highest BCUT2D eigenvalue weighted by molar-refractivity contribution is 7.79. The van der Waals surface area contributed by atoms with Crippen molar-refractivity contribution in [2.24, 2.45) is 0 Å². The second-order valence-corrected chi connectivity index (χ2v) is 12.5. The van der Waals surface area contributed by atoms with Gasteiger partial charge in [0.05, 0.1) is 0 Å². The number of hydrogen-bond donors (Lipinski definition) is 2. The molecule has 0 aliphatic rings. The molecule has 0 aromatic heterocycles. The lowest BCUT2D eigenvalue weighted by molar-refractivity contribution is 0.381. The largest absolute Gasteiger partial charge is 0.394 e. The Labute approximate surface area is 276 Å². The molecule has 2 N–H and O–H groups in total. The Bertz CT molecular complexity index is 1280. The van der Waals surface area contributed by atoms with Gasteiger partial charge in [0.2, 0.25) is 0 Å². The molecular weight excluding hydrogens is 577 g/mol. The molecule has 0 aliphatic carbocycles. The Kier molecular flexibility index (Phi) is 26.0. The summed E-state index contributed by atoms with van der Waals surface area (Å²) in [6.07, 6.45) is 43.3. The first-order valence-corrected chi connectivity index (χ1v) is 16.7. The van der Waals surface area contributed by atoms with Gasteiger partial charge in [0.15, 0.2) is 0 Å². The van der Waals surface area contributed by atoms with Crippen LogP contribution in [0, 0.1) is 0 Å². The molecule has 0 saturated carbocycles. The maximum atomic E-state index is 8.74. The van der Waals surface area contributed by atoms with Crippen molar-refractivity contribution in [1.82, 2.24) is 0 Å². The SMILES string of the molecule is CC(C)=CCC/C(C)=C/C=C/C(C)=C/C=C/C(C)=C/C=C/C=C(C)/C=C/C=C(C)/C=C/C=C(\C)CCC=C(C)C.O=S(=O)(O)O. The van der Waals surface area contributed by atoms with Crippen molar-refractivity contribution >= 4 is 10.4 Å². The van der Waals surface area contributed by atoms with E-state index in [1.54, 1.807) is 0 Å². The molecule has 248 valence electrons. The van der Waals surface area contributed by atoms with Crippen molar-refractivity contribution in [1.29, 1.82) is 0 Å². The minimum absolute atomic E-state index is 1.12. The van der Waals surface area contributed by atoms with Gasteiger partial charge in [0.1, 0.15) is 0 Å². The summed E-state index contributed by atoms with van der Waals surface area (Å²) >= 11 is 0. The van der Waals surface area contributed by atoms with Gasteiger partial charge < -0.3 is 0 Å². The average Bonchev–Trinajstić information content (AvgIpc) is 2.90. The first kappa shape index (κ1) is 43.6. The van der Waals surface area contributed by atoms with Crippen LogP contribution in [0.3, 0.4) is 0 Å². The maximum absolute atomic E-state index is 8.74. The Balaban J connectivity index is 0. The highest BCUT2D eigenvalue weighted by Crippen LogP contribution is 2.09. The van der Waals surface area contributed by atoms with Gasteiger partial charge in [-0.15, -0.1) is 0 Å². The van der Waals surface area contributed by atoms with Crippen molar-refractivity contribution in [3.63, 3.8) is 0 Å².